The molecule has 116 valence electrons. The van der Waals surface area contributed by atoms with E-state index in [1.807, 2.05) is 36.4 Å². The molecule has 0 spiro atoms. The number of nitrogens with zero attached hydrogens (tertiary/aromatic N) is 1. The Morgan fingerprint density at radius 2 is 2.05 bits per heavy atom. The molecule has 3 nitrogen and oxygen atoms in total. The number of benzene rings is 2. The average molecular weight is 334 g/mol. The van der Waals surface area contributed by atoms with Crippen LogP contribution in [0.25, 0.3) is 0 Å². The number of alkyl halides is 1. The summed E-state index contributed by atoms with van der Waals surface area (Å²) in [5.41, 5.74) is 9.10. The molecule has 0 saturated heterocycles. The van der Waals surface area contributed by atoms with Crippen LogP contribution in [0.15, 0.2) is 58.4 Å². The summed E-state index contributed by atoms with van der Waals surface area (Å²) in [4.78, 5) is 5.56. The van der Waals surface area contributed by atoms with Crippen molar-refractivity contribution in [2.75, 3.05) is 16.9 Å². The van der Waals surface area contributed by atoms with Gasteiger partial charge in [0.05, 0.1) is 5.69 Å². The van der Waals surface area contributed by atoms with Gasteiger partial charge in [0.2, 0.25) is 0 Å². The first-order chi connectivity index (χ1) is 10.7. The van der Waals surface area contributed by atoms with Gasteiger partial charge in [-0.05, 0) is 36.2 Å². The summed E-state index contributed by atoms with van der Waals surface area (Å²) in [6.45, 7) is 2.13. The summed E-state index contributed by atoms with van der Waals surface area (Å²) in [6, 6.07) is 16.1. The third kappa shape index (κ3) is 4.97. The molecular weight excluding hydrogens is 314 g/mol. The van der Waals surface area contributed by atoms with Gasteiger partial charge in [-0.2, -0.15) is 0 Å². The normalized spacial score (nSPS) is 11.5. The minimum Gasteiger partial charge on any atom is -0.369 e. The van der Waals surface area contributed by atoms with Crippen LogP contribution in [0.1, 0.15) is 12.5 Å². The minimum atomic E-state index is 0.382. The fraction of sp³-hybridized carbons (Fsp3) is 0.235. The second-order valence-electron chi connectivity index (χ2n) is 4.68. The molecule has 0 radical (unpaired) electrons. The Morgan fingerprint density at radius 3 is 2.82 bits per heavy atom. The van der Waals surface area contributed by atoms with E-state index in [1.165, 1.54) is 5.56 Å². The minimum absolute atomic E-state index is 0.382. The van der Waals surface area contributed by atoms with Crippen LogP contribution in [0.5, 0.6) is 0 Å². The van der Waals surface area contributed by atoms with E-state index in [4.69, 9.17) is 17.3 Å². The van der Waals surface area contributed by atoms with Gasteiger partial charge in [0.1, 0.15) is 0 Å². The lowest BCUT2D eigenvalue weighted by atomic mass is 10.1. The second kappa shape index (κ2) is 8.71. The van der Waals surface area contributed by atoms with E-state index in [9.17, 15) is 0 Å². The number of aryl methyl sites for hydroxylation is 1. The smallest absolute Gasteiger partial charge is 0.198 e. The van der Waals surface area contributed by atoms with Gasteiger partial charge in [0.15, 0.2) is 5.96 Å². The van der Waals surface area contributed by atoms with Crippen molar-refractivity contribution >= 4 is 40.7 Å². The van der Waals surface area contributed by atoms with Crippen molar-refractivity contribution in [2.24, 2.45) is 10.7 Å². The predicted molar refractivity (Wildman–Crippen MR) is 98.6 cm³/mol. The molecule has 0 fully saturated rings. The van der Waals surface area contributed by atoms with Crippen LogP contribution in [0.4, 0.5) is 11.4 Å². The molecule has 0 aliphatic carbocycles. The van der Waals surface area contributed by atoms with Crippen LogP contribution < -0.4 is 11.1 Å². The number of anilines is 1. The maximum absolute atomic E-state index is 6.03. The highest BCUT2D eigenvalue weighted by Crippen LogP contribution is 2.29. The molecule has 0 saturated carbocycles. The van der Waals surface area contributed by atoms with Gasteiger partial charge in [-0.15, -0.1) is 23.4 Å². The van der Waals surface area contributed by atoms with E-state index < -0.39 is 0 Å². The fourth-order valence-electron chi connectivity index (χ4n) is 1.99. The number of nitrogens with one attached hydrogen (secondary N) is 1. The van der Waals surface area contributed by atoms with Gasteiger partial charge in [-0.25, -0.2) is 4.99 Å². The molecule has 0 bridgehead atoms. The van der Waals surface area contributed by atoms with E-state index in [0.29, 0.717) is 11.8 Å². The largest absolute Gasteiger partial charge is 0.369 e. The highest BCUT2D eigenvalue weighted by molar-refractivity contribution is 7.99. The summed E-state index contributed by atoms with van der Waals surface area (Å²) in [5.74, 6) is 1.84. The Kier molecular flexibility index (Phi) is 6.62. The van der Waals surface area contributed by atoms with Crippen molar-refractivity contribution in [3.05, 3.63) is 54.1 Å². The molecule has 5 heteroatoms. The van der Waals surface area contributed by atoms with Crippen LogP contribution in [-0.2, 0) is 6.42 Å². The van der Waals surface area contributed by atoms with Gasteiger partial charge in [0.25, 0.3) is 0 Å². The molecule has 2 aromatic carbocycles. The zero-order valence-corrected chi connectivity index (χ0v) is 14.1. The Bertz CT molecular complexity index is 643. The van der Waals surface area contributed by atoms with Gasteiger partial charge in [-0.1, -0.05) is 31.2 Å². The molecule has 0 amide bonds. The van der Waals surface area contributed by atoms with Gasteiger partial charge >= 0.3 is 0 Å². The lowest BCUT2D eigenvalue weighted by Gasteiger charge is -2.09. The SMILES string of the molecule is CCc1cccc(NC(N)=Nc2ccccc2SCCCl)c1. The monoisotopic (exact) mass is 333 g/mol. The first kappa shape index (κ1) is 16.7. The molecule has 22 heavy (non-hydrogen) atoms. The van der Waals surface area contributed by atoms with Crippen LogP contribution >= 0.6 is 23.4 Å². The Morgan fingerprint density at radius 1 is 1.23 bits per heavy atom. The molecular formula is C17H20ClN3S. The summed E-state index contributed by atoms with van der Waals surface area (Å²) in [6.07, 6.45) is 0.991. The molecule has 3 N–H and O–H groups in total. The molecule has 0 aromatic heterocycles. The number of hydrogen-bond acceptors (Lipinski definition) is 2. The Balaban J connectivity index is 2.14. The predicted octanol–water partition coefficient (Wildman–Crippen LogP) is 4.64. The van der Waals surface area contributed by atoms with E-state index in [0.717, 1.165) is 28.4 Å². The molecule has 0 aliphatic rings. The van der Waals surface area contributed by atoms with Crippen molar-refractivity contribution in [1.82, 2.24) is 0 Å². The van der Waals surface area contributed by atoms with Crippen LogP contribution in [0.3, 0.4) is 0 Å². The topological polar surface area (TPSA) is 50.4 Å². The average Bonchev–Trinajstić information content (AvgIpc) is 2.54. The number of nitrogens with two attached hydrogens (primary N) is 1. The summed E-state index contributed by atoms with van der Waals surface area (Å²) >= 11 is 7.43. The Labute approximate surface area is 141 Å². The van der Waals surface area contributed by atoms with Crippen molar-refractivity contribution in [2.45, 2.75) is 18.2 Å². The van der Waals surface area contributed by atoms with E-state index in [-0.39, 0.29) is 0 Å². The van der Waals surface area contributed by atoms with Crippen molar-refractivity contribution in [3.8, 4) is 0 Å². The van der Waals surface area contributed by atoms with E-state index in [2.05, 4.69) is 29.4 Å². The van der Waals surface area contributed by atoms with Crippen molar-refractivity contribution in [1.29, 1.82) is 0 Å². The molecule has 0 atom stereocenters. The van der Waals surface area contributed by atoms with Gasteiger partial charge in [0, 0.05) is 22.2 Å². The standard InChI is InChI=1S/C17H20ClN3S/c1-2-13-6-5-7-14(12-13)20-17(19)21-15-8-3-4-9-16(15)22-11-10-18/h3-9,12H,2,10-11H2,1H3,(H3,19,20,21). The number of para-hydroxylation sites is 1. The molecule has 0 aliphatic heterocycles. The number of halogens is 1. The first-order valence-corrected chi connectivity index (χ1v) is 8.73. The van der Waals surface area contributed by atoms with Gasteiger partial charge < -0.3 is 11.1 Å². The van der Waals surface area contributed by atoms with Crippen molar-refractivity contribution in [3.63, 3.8) is 0 Å². The number of aliphatic imine (C=N–C) groups is 1. The molecule has 2 rings (SSSR count). The summed E-state index contributed by atoms with van der Waals surface area (Å²) < 4.78 is 0. The zero-order chi connectivity index (χ0) is 15.8. The highest BCUT2D eigenvalue weighted by Gasteiger charge is 2.03. The number of hydrogen-bond donors (Lipinski definition) is 2. The number of guanidine groups is 1. The summed E-state index contributed by atoms with van der Waals surface area (Å²) in [7, 11) is 0. The first-order valence-electron chi connectivity index (χ1n) is 7.21. The van der Waals surface area contributed by atoms with Gasteiger partial charge in [-0.3, -0.25) is 0 Å². The maximum Gasteiger partial charge on any atom is 0.198 e. The lowest BCUT2D eigenvalue weighted by Crippen LogP contribution is -2.22. The molecule has 0 heterocycles. The van der Waals surface area contributed by atoms with Crippen LogP contribution in [0, 0.1) is 0 Å². The van der Waals surface area contributed by atoms with Crippen LogP contribution in [0.2, 0.25) is 0 Å². The van der Waals surface area contributed by atoms with Crippen molar-refractivity contribution < 1.29 is 0 Å². The third-order valence-corrected chi connectivity index (χ3v) is 4.53. The second-order valence-corrected chi connectivity index (χ2v) is 6.20. The third-order valence-electron chi connectivity index (χ3n) is 3.05. The van der Waals surface area contributed by atoms with Crippen LogP contribution in [-0.4, -0.2) is 17.6 Å². The zero-order valence-electron chi connectivity index (χ0n) is 12.6. The fourth-order valence-corrected chi connectivity index (χ4v) is 2.96. The summed E-state index contributed by atoms with van der Waals surface area (Å²) in [5, 5.41) is 3.14. The quantitative estimate of drug-likeness (QED) is 0.350. The molecule has 2 aromatic rings. The number of rotatable bonds is 6. The maximum atomic E-state index is 6.03. The lowest BCUT2D eigenvalue weighted by molar-refractivity contribution is 1.14. The van der Waals surface area contributed by atoms with E-state index in [1.54, 1.807) is 11.8 Å². The molecule has 0 unspecified atom stereocenters. The Hall–Kier alpha value is -1.65. The highest BCUT2D eigenvalue weighted by atomic mass is 35.5. The number of thioether (sulfide) groups is 1. The van der Waals surface area contributed by atoms with E-state index >= 15 is 0 Å².